The van der Waals surface area contributed by atoms with E-state index in [4.69, 9.17) is 5.73 Å². The van der Waals surface area contributed by atoms with Crippen LogP contribution in [0.25, 0.3) is 0 Å². The molecule has 2 aliphatic heterocycles. The maximum Gasteiger partial charge on any atom is 0.223 e. The Morgan fingerprint density at radius 2 is 1.95 bits per heavy atom. The van der Waals surface area contributed by atoms with Crippen LogP contribution < -0.4 is 5.73 Å². The van der Waals surface area contributed by atoms with Crippen molar-refractivity contribution < 1.29 is 4.79 Å². The highest BCUT2D eigenvalue weighted by molar-refractivity contribution is 5.77. The minimum Gasteiger partial charge on any atom is -0.336 e. The van der Waals surface area contributed by atoms with Gasteiger partial charge in [0.15, 0.2) is 0 Å². The van der Waals surface area contributed by atoms with Crippen LogP contribution in [0.5, 0.6) is 0 Å². The molecule has 2 heterocycles. The van der Waals surface area contributed by atoms with Crippen LogP contribution in [0.1, 0.15) is 46.0 Å². The molecule has 0 saturated carbocycles. The molecule has 4 nitrogen and oxygen atoms in total. The van der Waals surface area contributed by atoms with Gasteiger partial charge in [-0.05, 0) is 65.6 Å². The Kier molecular flexibility index (Phi) is 4.51. The highest BCUT2D eigenvalue weighted by Gasteiger charge is 2.39. The average Bonchev–Trinajstić information content (AvgIpc) is 2.61. The van der Waals surface area contributed by atoms with Crippen molar-refractivity contribution >= 4 is 5.91 Å². The van der Waals surface area contributed by atoms with E-state index < -0.39 is 0 Å². The van der Waals surface area contributed by atoms with E-state index in [0.717, 1.165) is 25.3 Å². The summed E-state index contributed by atoms with van der Waals surface area (Å²) >= 11 is 0. The fourth-order valence-electron chi connectivity index (χ4n) is 3.55. The van der Waals surface area contributed by atoms with Crippen LogP contribution in [-0.2, 0) is 4.79 Å². The molecule has 0 aromatic carbocycles. The second kappa shape index (κ2) is 5.80. The van der Waals surface area contributed by atoms with Crippen molar-refractivity contribution in [3.8, 4) is 0 Å². The number of hydrogen-bond acceptors (Lipinski definition) is 3. The molecule has 1 amide bonds. The molecular formula is C15H29N3O. The lowest BCUT2D eigenvalue weighted by molar-refractivity contribution is -0.134. The Morgan fingerprint density at radius 3 is 2.47 bits per heavy atom. The van der Waals surface area contributed by atoms with Crippen LogP contribution in [0.4, 0.5) is 0 Å². The fraction of sp³-hybridized carbons (Fsp3) is 0.933. The number of likely N-dealkylation sites (tertiary alicyclic amines) is 2. The predicted octanol–water partition coefficient (Wildman–Crippen LogP) is 1.45. The minimum absolute atomic E-state index is 0.0523. The van der Waals surface area contributed by atoms with Gasteiger partial charge in [-0.3, -0.25) is 4.79 Å². The molecule has 0 spiro atoms. The molecule has 19 heavy (non-hydrogen) atoms. The monoisotopic (exact) mass is 267 g/mol. The zero-order valence-electron chi connectivity index (χ0n) is 12.7. The maximum absolute atomic E-state index is 12.4. The van der Waals surface area contributed by atoms with Crippen LogP contribution in [0, 0.1) is 5.92 Å². The number of nitrogens with zero attached hydrogens (tertiary/aromatic N) is 2. The van der Waals surface area contributed by atoms with Crippen molar-refractivity contribution in [1.29, 1.82) is 0 Å². The third-order valence-corrected chi connectivity index (χ3v) is 4.82. The summed E-state index contributed by atoms with van der Waals surface area (Å²) in [6.07, 6.45) is 5.16. The smallest absolute Gasteiger partial charge is 0.223 e. The van der Waals surface area contributed by atoms with Gasteiger partial charge in [0.25, 0.3) is 0 Å². The summed E-state index contributed by atoms with van der Waals surface area (Å²) in [5, 5.41) is 0. The van der Waals surface area contributed by atoms with Gasteiger partial charge in [-0.2, -0.15) is 0 Å². The lowest BCUT2D eigenvalue weighted by Gasteiger charge is -2.33. The minimum atomic E-state index is -0.0523. The van der Waals surface area contributed by atoms with Crippen LogP contribution in [0.2, 0.25) is 0 Å². The van der Waals surface area contributed by atoms with Crippen molar-refractivity contribution in [3.05, 3.63) is 0 Å². The van der Waals surface area contributed by atoms with Crippen LogP contribution >= 0.6 is 0 Å². The number of piperidine rings is 1. The SMILES string of the molecule is CN1CCC(CCC(=O)N2CC(N)CC2(C)C)CC1. The summed E-state index contributed by atoms with van der Waals surface area (Å²) in [7, 11) is 2.18. The van der Waals surface area contributed by atoms with Gasteiger partial charge in [-0.25, -0.2) is 0 Å². The number of hydrogen-bond donors (Lipinski definition) is 1. The third-order valence-electron chi connectivity index (χ3n) is 4.82. The fourth-order valence-corrected chi connectivity index (χ4v) is 3.55. The Morgan fingerprint density at radius 1 is 1.32 bits per heavy atom. The number of rotatable bonds is 3. The molecule has 2 rings (SSSR count). The van der Waals surface area contributed by atoms with Gasteiger partial charge in [0.1, 0.15) is 0 Å². The predicted molar refractivity (Wildman–Crippen MR) is 77.8 cm³/mol. The zero-order chi connectivity index (χ0) is 14.0. The molecule has 1 atom stereocenters. The van der Waals surface area contributed by atoms with Gasteiger partial charge in [0, 0.05) is 24.5 Å². The molecule has 0 aromatic rings. The normalized spacial score (nSPS) is 28.8. The number of carbonyl (C=O) groups excluding carboxylic acids is 1. The number of carbonyl (C=O) groups is 1. The summed E-state index contributed by atoms with van der Waals surface area (Å²) in [5.74, 6) is 1.04. The molecule has 0 aliphatic carbocycles. The molecule has 2 fully saturated rings. The largest absolute Gasteiger partial charge is 0.336 e. The summed E-state index contributed by atoms with van der Waals surface area (Å²) in [6, 6.07) is 0.155. The van der Waals surface area contributed by atoms with Crippen molar-refractivity contribution in [2.24, 2.45) is 11.7 Å². The van der Waals surface area contributed by atoms with Gasteiger partial charge in [0.2, 0.25) is 5.91 Å². The molecular weight excluding hydrogens is 238 g/mol. The highest BCUT2D eigenvalue weighted by atomic mass is 16.2. The second-order valence-corrected chi connectivity index (χ2v) is 7.07. The quantitative estimate of drug-likeness (QED) is 0.842. The standard InChI is InChI=1S/C15H29N3O/c1-15(2)10-13(16)11-18(15)14(19)5-4-12-6-8-17(3)9-7-12/h12-13H,4-11,16H2,1-3H3. The van der Waals surface area contributed by atoms with E-state index in [1.807, 2.05) is 4.90 Å². The first kappa shape index (κ1) is 14.8. The molecule has 1 unspecified atom stereocenters. The van der Waals surface area contributed by atoms with E-state index in [-0.39, 0.29) is 11.6 Å². The van der Waals surface area contributed by atoms with Gasteiger partial charge >= 0.3 is 0 Å². The van der Waals surface area contributed by atoms with Gasteiger partial charge in [-0.15, -0.1) is 0 Å². The Hall–Kier alpha value is -0.610. The molecule has 2 aliphatic rings. The first-order valence-corrected chi connectivity index (χ1v) is 7.63. The lowest BCUT2D eigenvalue weighted by atomic mass is 9.92. The van der Waals surface area contributed by atoms with E-state index in [2.05, 4.69) is 25.8 Å². The van der Waals surface area contributed by atoms with E-state index in [0.29, 0.717) is 12.3 Å². The highest BCUT2D eigenvalue weighted by Crippen LogP contribution is 2.29. The van der Waals surface area contributed by atoms with E-state index >= 15 is 0 Å². The maximum atomic E-state index is 12.4. The summed E-state index contributed by atoms with van der Waals surface area (Å²) in [6.45, 7) is 7.36. The molecule has 2 saturated heterocycles. The molecule has 0 aromatic heterocycles. The van der Waals surface area contributed by atoms with E-state index in [9.17, 15) is 4.79 Å². The Labute approximate surface area is 117 Å². The molecule has 0 radical (unpaired) electrons. The van der Waals surface area contributed by atoms with Crippen LogP contribution in [0.15, 0.2) is 0 Å². The van der Waals surface area contributed by atoms with Gasteiger partial charge in [0.05, 0.1) is 0 Å². The summed E-state index contributed by atoms with van der Waals surface area (Å²) in [4.78, 5) is 16.8. The average molecular weight is 267 g/mol. The van der Waals surface area contributed by atoms with Crippen molar-refractivity contribution in [2.75, 3.05) is 26.7 Å². The number of amides is 1. The van der Waals surface area contributed by atoms with Crippen molar-refractivity contribution in [1.82, 2.24) is 9.80 Å². The topological polar surface area (TPSA) is 49.6 Å². The first-order chi connectivity index (χ1) is 8.88. The summed E-state index contributed by atoms with van der Waals surface area (Å²) < 4.78 is 0. The zero-order valence-corrected chi connectivity index (χ0v) is 12.7. The second-order valence-electron chi connectivity index (χ2n) is 7.07. The molecule has 2 N–H and O–H groups in total. The Balaban J connectivity index is 1.78. The first-order valence-electron chi connectivity index (χ1n) is 7.63. The van der Waals surface area contributed by atoms with Crippen LogP contribution in [0.3, 0.4) is 0 Å². The van der Waals surface area contributed by atoms with Gasteiger partial charge in [-0.1, -0.05) is 0 Å². The Bertz CT molecular complexity index is 321. The molecule has 110 valence electrons. The molecule has 4 heteroatoms. The van der Waals surface area contributed by atoms with Crippen LogP contribution in [-0.4, -0.2) is 54.0 Å². The summed E-state index contributed by atoms with van der Waals surface area (Å²) in [5.41, 5.74) is 5.94. The van der Waals surface area contributed by atoms with Gasteiger partial charge < -0.3 is 15.5 Å². The molecule has 0 bridgehead atoms. The van der Waals surface area contributed by atoms with E-state index in [1.165, 1.54) is 25.9 Å². The lowest BCUT2D eigenvalue weighted by Crippen LogP contribution is -2.43. The third kappa shape index (κ3) is 3.69. The van der Waals surface area contributed by atoms with E-state index in [1.54, 1.807) is 0 Å². The van der Waals surface area contributed by atoms with Crippen molar-refractivity contribution in [3.63, 3.8) is 0 Å². The van der Waals surface area contributed by atoms with Crippen molar-refractivity contribution in [2.45, 2.75) is 57.5 Å². The number of nitrogens with two attached hydrogens (primary N) is 1.